The second-order valence-electron chi connectivity index (χ2n) is 6.02. The first kappa shape index (κ1) is 15.8. The van der Waals surface area contributed by atoms with Crippen molar-refractivity contribution in [3.05, 3.63) is 58.1 Å². The number of aliphatic carboxylic acids is 1. The average molecular weight is 372 g/mol. The molecule has 0 saturated heterocycles. The highest BCUT2D eigenvalue weighted by atomic mass is 79.9. The first-order valence-corrected chi connectivity index (χ1v) is 8.37. The van der Waals surface area contributed by atoms with Gasteiger partial charge in [-0.25, -0.2) is 0 Å². The van der Waals surface area contributed by atoms with Gasteiger partial charge in [0.2, 0.25) is 0 Å². The van der Waals surface area contributed by atoms with Gasteiger partial charge in [0, 0.05) is 15.4 Å². The first-order valence-electron chi connectivity index (χ1n) is 7.58. The zero-order valence-corrected chi connectivity index (χ0v) is 14.6. The third-order valence-electron chi connectivity index (χ3n) is 4.06. The molecule has 0 aliphatic heterocycles. The van der Waals surface area contributed by atoms with E-state index in [1.54, 1.807) is 0 Å². The predicted molar refractivity (Wildman–Crippen MR) is 96.9 cm³/mol. The number of nitrogens with one attached hydrogen (secondary N) is 1. The Kier molecular flexibility index (Phi) is 4.26. The minimum Gasteiger partial charge on any atom is -0.481 e. The Labute approximate surface area is 143 Å². The van der Waals surface area contributed by atoms with Crippen molar-refractivity contribution in [2.45, 2.75) is 26.2 Å². The number of aromatic amines is 1. The van der Waals surface area contributed by atoms with Crippen LogP contribution in [0.15, 0.2) is 46.9 Å². The van der Waals surface area contributed by atoms with Gasteiger partial charge in [-0.1, -0.05) is 48.0 Å². The van der Waals surface area contributed by atoms with Crippen LogP contribution in [0.2, 0.25) is 0 Å². The van der Waals surface area contributed by atoms with E-state index in [-0.39, 0.29) is 6.42 Å². The van der Waals surface area contributed by atoms with Gasteiger partial charge in [0.25, 0.3) is 0 Å². The summed E-state index contributed by atoms with van der Waals surface area (Å²) in [6, 6.07) is 14.2. The summed E-state index contributed by atoms with van der Waals surface area (Å²) in [5.41, 5.74) is 4.91. The summed E-state index contributed by atoms with van der Waals surface area (Å²) in [4.78, 5) is 14.7. The van der Waals surface area contributed by atoms with Gasteiger partial charge < -0.3 is 10.1 Å². The zero-order chi connectivity index (χ0) is 16.6. The lowest BCUT2D eigenvalue weighted by Crippen LogP contribution is -2.01. The Hall–Kier alpha value is -2.07. The molecule has 1 aromatic heterocycles. The molecular formula is C19H18BrNO2. The molecule has 23 heavy (non-hydrogen) atoms. The van der Waals surface area contributed by atoms with Crippen LogP contribution >= 0.6 is 15.9 Å². The van der Waals surface area contributed by atoms with E-state index in [4.69, 9.17) is 0 Å². The molecule has 2 N–H and O–H groups in total. The van der Waals surface area contributed by atoms with E-state index in [0.717, 1.165) is 32.2 Å². The maximum atomic E-state index is 11.3. The number of hydrogen-bond donors (Lipinski definition) is 2. The van der Waals surface area contributed by atoms with Gasteiger partial charge in [0.05, 0.1) is 12.1 Å². The van der Waals surface area contributed by atoms with E-state index in [2.05, 4.69) is 46.9 Å². The topological polar surface area (TPSA) is 53.1 Å². The molecule has 0 amide bonds. The Morgan fingerprint density at radius 1 is 1.17 bits per heavy atom. The molecule has 2 aromatic carbocycles. The number of rotatable bonds is 4. The summed E-state index contributed by atoms with van der Waals surface area (Å²) in [5.74, 6) is -0.415. The number of H-pyrrole nitrogens is 1. The number of carbonyl (C=O) groups is 1. The molecular weight excluding hydrogens is 354 g/mol. The van der Waals surface area contributed by atoms with Gasteiger partial charge in [-0.15, -0.1) is 0 Å². The molecule has 3 nitrogen and oxygen atoms in total. The number of aromatic nitrogens is 1. The second kappa shape index (κ2) is 6.20. The highest BCUT2D eigenvalue weighted by molar-refractivity contribution is 9.10. The summed E-state index contributed by atoms with van der Waals surface area (Å²) in [5, 5.41) is 10.3. The van der Waals surface area contributed by atoms with Crippen LogP contribution in [0.1, 0.15) is 30.9 Å². The highest BCUT2D eigenvalue weighted by Crippen LogP contribution is 2.33. The van der Waals surface area contributed by atoms with Gasteiger partial charge >= 0.3 is 5.97 Å². The van der Waals surface area contributed by atoms with E-state index in [1.165, 1.54) is 5.56 Å². The Morgan fingerprint density at radius 3 is 2.48 bits per heavy atom. The van der Waals surface area contributed by atoms with Crippen LogP contribution in [0.3, 0.4) is 0 Å². The third kappa shape index (κ3) is 3.17. The minimum absolute atomic E-state index is 0.00689. The molecule has 0 saturated carbocycles. The lowest BCUT2D eigenvalue weighted by Gasteiger charge is -2.06. The van der Waals surface area contributed by atoms with Crippen molar-refractivity contribution >= 4 is 32.8 Å². The lowest BCUT2D eigenvalue weighted by molar-refractivity contribution is -0.136. The summed E-state index contributed by atoms with van der Waals surface area (Å²) >= 11 is 3.43. The number of hydrogen-bond acceptors (Lipinski definition) is 1. The SMILES string of the molecule is CC(C)c1ccc2[nH]c(-c3ccc(Br)cc3)c(CC(=O)O)c2c1. The summed E-state index contributed by atoms with van der Waals surface area (Å²) in [6.45, 7) is 4.28. The summed E-state index contributed by atoms with van der Waals surface area (Å²) in [7, 11) is 0. The van der Waals surface area contributed by atoms with Crippen molar-refractivity contribution in [3.63, 3.8) is 0 Å². The molecule has 3 aromatic rings. The maximum Gasteiger partial charge on any atom is 0.307 e. The second-order valence-corrected chi connectivity index (χ2v) is 6.93. The Balaban J connectivity index is 2.23. The van der Waals surface area contributed by atoms with Crippen LogP contribution in [0, 0.1) is 0 Å². The number of fused-ring (bicyclic) bond motifs is 1. The lowest BCUT2D eigenvalue weighted by atomic mass is 9.98. The van der Waals surface area contributed by atoms with Crippen LogP contribution in [-0.4, -0.2) is 16.1 Å². The van der Waals surface area contributed by atoms with Gasteiger partial charge in [0.1, 0.15) is 0 Å². The minimum atomic E-state index is -0.820. The fourth-order valence-corrected chi connectivity index (χ4v) is 3.09. The number of carboxylic acid groups (broad SMARTS) is 1. The van der Waals surface area contributed by atoms with Gasteiger partial charge in [-0.3, -0.25) is 4.79 Å². The van der Waals surface area contributed by atoms with Crippen LogP contribution < -0.4 is 0 Å². The summed E-state index contributed by atoms with van der Waals surface area (Å²) in [6.07, 6.45) is 0.00689. The summed E-state index contributed by atoms with van der Waals surface area (Å²) < 4.78 is 0.999. The van der Waals surface area contributed by atoms with E-state index < -0.39 is 5.97 Å². The van der Waals surface area contributed by atoms with E-state index in [0.29, 0.717) is 5.92 Å². The van der Waals surface area contributed by atoms with Crippen LogP contribution in [0.25, 0.3) is 22.2 Å². The molecule has 4 heteroatoms. The van der Waals surface area contributed by atoms with Crippen molar-refractivity contribution in [3.8, 4) is 11.3 Å². The molecule has 1 heterocycles. The van der Waals surface area contributed by atoms with Crippen LogP contribution in [0.5, 0.6) is 0 Å². The molecule has 0 bridgehead atoms. The molecule has 0 fully saturated rings. The van der Waals surface area contributed by atoms with Crippen molar-refractivity contribution in [2.75, 3.05) is 0 Å². The molecule has 0 atom stereocenters. The standard InChI is InChI=1S/C19H18BrNO2/c1-11(2)13-5-8-17-15(9-13)16(10-18(22)23)19(21-17)12-3-6-14(20)7-4-12/h3-9,11,21H,10H2,1-2H3,(H,22,23). The molecule has 118 valence electrons. The smallest absolute Gasteiger partial charge is 0.307 e. The van der Waals surface area contributed by atoms with E-state index in [9.17, 15) is 9.90 Å². The number of carboxylic acids is 1. The molecule has 0 aliphatic rings. The Bertz CT molecular complexity index is 863. The first-order chi connectivity index (χ1) is 11.0. The fraction of sp³-hybridized carbons (Fsp3) is 0.211. The molecule has 0 aliphatic carbocycles. The predicted octanol–water partition coefficient (Wildman–Crippen LogP) is 5.35. The molecule has 0 spiro atoms. The van der Waals surface area contributed by atoms with Crippen LogP contribution in [0.4, 0.5) is 0 Å². The third-order valence-corrected chi connectivity index (χ3v) is 4.59. The van der Waals surface area contributed by atoms with Crippen molar-refractivity contribution in [1.29, 1.82) is 0 Å². The van der Waals surface area contributed by atoms with Crippen LogP contribution in [-0.2, 0) is 11.2 Å². The zero-order valence-electron chi connectivity index (χ0n) is 13.1. The number of benzene rings is 2. The van der Waals surface area contributed by atoms with Crippen molar-refractivity contribution in [1.82, 2.24) is 4.98 Å². The van der Waals surface area contributed by atoms with E-state index in [1.807, 2.05) is 30.3 Å². The number of halogens is 1. The molecule has 0 radical (unpaired) electrons. The van der Waals surface area contributed by atoms with Gasteiger partial charge in [0.15, 0.2) is 0 Å². The quantitative estimate of drug-likeness (QED) is 0.649. The van der Waals surface area contributed by atoms with Gasteiger partial charge in [-0.05, 0) is 46.9 Å². The maximum absolute atomic E-state index is 11.3. The van der Waals surface area contributed by atoms with Crippen molar-refractivity contribution < 1.29 is 9.90 Å². The molecule has 3 rings (SSSR count). The van der Waals surface area contributed by atoms with Crippen molar-refractivity contribution in [2.24, 2.45) is 0 Å². The molecule has 0 unspecified atom stereocenters. The monoisotopic (exact) mass is 371 g/mol. The fourth-order valence-electron chi connectivity index (χ4n) is 2.82. The highest BCUT2D eigenvalue weighted by Gasteiger charge is 2.16. The Morgan fingerprint density at radius 2 is 1.87 bits per heavy atom. The largest absolute Gasteiger partial charge is 0.481 e. The average Bonchev–Trinajstić information content (AvgIpc) is 2.85. The van der Waals surface area contributed by atoms with E-state index >= 15 is 0 Å². The van der Waals surface area contributed by atoms with Gasteiger partial charge in [-0.2, -0.15) is 0 Å². The normalized spacial score (nSPS) is 11.3.